The van der Waals surface area contributed by atoms with Gasteiger partial charge >= 0.3 is 11.9 Å². The zero-order valence-corrected chi connectivity index (χ0v) is 8.65. The minimum Gasteiger partial charge on any atom is -0.391 e. The van der Waals surface area contributed by atoms with Gasteiger partial charge in [-0.1, -0.05) is 12.2 Å². The molecule has 0 aromatic rings. The number of nitrogens with zero attached hydrogens (tertiary/aromatic N) is 1. The molecule has 1 aliphatic carbocycles. The molecule has 0 aromatic heterocycles. The lowest BCUT2D eigenvalue weighted by Gasteiger charge is -2.28. The average molecular weight is 209 g/mol. The molecule has 0 spiro atoms. The molecule has 15 heavy (non-hydrogen) atoms. The van der Waals surface area contributed by atoms with Crippen molar-refractivity contribution in [3.8, 4) is 0 Å². The number of esters is 2. The molecule has 0 bridgehead atoms. The number of carbonyl (C=O) groups excluding carboxylic acids is 2. The monoisotopic (exact) mass is 209 g/mol. The van der Waals surface area contributed by atoms with Crippen LogP contribution in [0.1, 0.15) is 19.3 Å². The van der Waals surface area contributed by atoms with Crippen LogP contribution < -0.4 is 0 Å². The quantitative estimate of drug-likeness (QED) is 0.382. The largest absolute Gasteiger partial charge is 0.391 e. The van der Waals surface area contributed by atoms with Crippen molar-refractivity contribution in [2.45, 2.75) is 19.3 Å². The van der Waals surface area contributed by atoms with E-state index in [9.17, 15) is 9.59 Å². The zero-order valence-electron chi connectivity index (χ0n) is 8.65. The first-order chi connectivity index (χ1) is 7.24. The van der Waals surface area contributed by atoms with Gasteiger partial charge in [0.15, 0.2) is 0 Å². The molecule has 1 saturated heterocycles. The molecule has 4 heteroatoms. The van der Waals surface area contributed by atoms with E-state index in [4.69, 9.17) is 0 Å². The molecule has 1 fully saturated rings. The summed E-state index contributed by atoms with van der Waals surface area (Å²) in [5.41, 5.74) is 0. The molecule has 2 aliphatic rings. The maximum absolute atomic E-state index is 11.0. The van der Waals surface area contributed by atoms with E-state index in [0.717, 1.165) is 25.8 Å². The second-order valence-corrected chi connectivity index (χ2v) is 4.17. The fourth-order valence-corrected chi connectivity index (χ4v) is 2.13. The smallest absolute Gasteiger partial charge is 0.327 e. The van der Waals surface area contributed by atoms with Crippen molar-refractivity contribution in [2.24, 2.45) is 5.92 Å². The van der Waals surface area contributed by atoms with Crippen LogP contribution in [0.3, 0.4) is 0 Å². The molecule has 1 atom stereocenters. The normalized spacial score (nSPS) is 27.9. The number of morpholine rings is 1. The SMILES string of the molecule is O=C1CN(CC2CC=CCC2)CC(=O)O1. The molecule has 1 aliphatic heterocycles. The van der Waals surface area contributed by atoms with E-state index in [0.29, 0.717) is 5.92 Å². The fourth-order valence-electron chi connectivity index (χ4n) is 2.13. The lowest BCUT2D eigenvalue weighted by molar-refractivity contribution is -0.167. The Labute approximate surface area is 88.9 Å². The Morgan fingerprint density at radius 2 is 2.00 bits per heavy atom. The number of rotatable bonds is 2. The summed E-state index contributed by atoms with van der Waals surface area (Å²) in [6, 6.07) is 0. The van der Waals surface area contributed by atoms with Crippen molar-refractivity contribution >= 4 is 11.9 Å². The van der Waals surface area contributed by atoms with Crippen molar-refractivity contribution in [2.75, 3.05) is 19.6 Å². The molecule has 82 valence electrons. The molecule has 4 nitrogen and oxygen atoms in total. The predicted octanol–water partition coefficient (Wildman–Crippen LogP) is 0.728. The zero-order chi connectivity index (χ0) is 10.7. The lowest BCUT2D eigenvalue weighted by atomic mass is 9.94. The summed E-state index contributed by atoms with van der Waals surface area (Å²) >= 11 is 0. The van der Waals surface area contributed by atoms with Crippen molar-refractivity contribution < 1.29 is 14.3 Å². The Kier molecular flexibility index (Phi) is 3.16. The number of allylic oxidation sites excluding steroid dienone is 2. The predicted molar refractivity (Wildman–Crippen MR) is 54.0 cm³/mol. The van der Waals surface area contributed by atoms with Crippen LogP contribution in [-0.2, 0) is 14.3 Å². The number of carbonyl (C=O) groups is 2. The molecule has 0 radical (unpaired) electrons. The highest BCUT2D eigenvalue weighted by Gasteiger charge is 2.26. The highest BCUT2D eigenvalue weighted by Crippen LogP contribution is 2.19. The fraction of sp³-hybridized carbons (Fsp3) is 0.636. The van der Waals surface area contributed by atoms with E-state index in [2.05, 4.69) is 16.9 Å². The van der Waals surface area contributed by atoms with E-state index in [1.165, 1.54) is 0 Å². The van der Waals surface area contributed by atoms with Gasteiger partial charge in [0.05, 0.1) is 13.1 Å². The van der Waals surface area contributed by atoms with E-state index in [1.807, 2.05) is 4.90 Å². The Hall–Kier alpha value is -1.16. The Morgan fingerprint density at radius 3 is 2.60 bits per heavy atom. The van der Waals surface area contributed by atoms with Crippen LogP contribution in [0.5, 0.6) is 0 Å². The van der Waals surface area contributed by atoms with E-state index in [1.54, 1.807) is 0 Å². The number of hydrogen-bond acceptors (Lipinski definition) is 4. The Morgan fingerprint density at radius 1 is 1.27 bits per heavy atom. The third-order valence-electron chi connectivity index (χ3n) is 2.83. The molecular formula is C11H15NO3. The maximum atomic E-state index is 11.0. The molecule has 0 N–H and O–H groups in total. The van der Waals surface area contributed by atoms with Crippen LogP contribution in [0.25, 0.3) is 0 Å². The third-order valence-corrected chi connectivity index (χ3v) is 2.83. The van der Waals surface area contributed by atoms with Gasteiger partial charge in [0.25, 0.3) is 0 Å². The second-order valence-electron chi connectivity index (χ2n) is 4.17. The minimum atomic E-state index is -0.419. The molecule has 0 amide bonds. The average Bonchev–Trinajstić information content (AvgIpc) is 2.17. The lowest BCUT2D eigenvalue weighted by Crippen LogP contribution is -2.44. The van der Waals surface area contributed by atoms with Gasteiger partial charge in [-0.25, -0.2) is 0 Å². The first kappa shape index (κ1) is 10.4. The Balaban J connectivity index is 1.85. The number of hydrogen-bond donors (Lipinski definition) is 0. The molecule has 2 rings (SSSR count). The van der Waals surface area contributed by atoms with Crippen LogP contribution in [0.4, 0.5) is 0 Å². The van der Waals surface area contributed by atoms with Crippen LogP contribution in [0, 0.1) is 5.92 Å². The minimum absolute atomic E-state index is 0.256. The van der Waals surface area contributed by atoms with E-state index in [-0.39, 0.29) is 13.1 Å². The molecule has 1 heterocycles. The van der Waals surface area contributed by atoms with Gasteiger partial charge in [-0.3, -0.25) is 14.5 Å². The van der Waals surface area contributed by atoms with E-state index >= 15 is 0 Å². The van der Waals surface area contributed by atoms with Gasteiger partial charge < -0.3 is 4.74 Å². The summed E-state index contributed by atoms with van der Waals surface area (Å²) < 4.78 is 4.47. The van der Waals surface area contributed by atoms with Gasteiger partial charge in [-0.05, 0) is 25.2 Å². The highest BCUT2D eigenvalue weighted by molar-refractivity contribution is 5.90. The summed E-state index contributed by atoms with van der Waals surface area (Å²) in [5.74, 6) is -0.260. The van der Waals surface area contributed by atoms with Crippen LogP contribution in [-0.4, -0.2) is 36.5 Å². The van der Waals surface area contributed by atoms with Crippen LogP contribution >= 0.6 is 0 Å². The Bertz CT molecular complexity index is 282. The van der Waals surface area contributed by atoms with Gasteiger partial charge in [0.2, 0.25) is 0 Å². The summed E-state index contributed by atoms with van der Waals surface area (Å²) in [6.07, 6.45) is 7.68. The molecule has 0 aromatic carbocycles. The topological polar surface area (TPSA) is 46.6 Å². The van der Waals surface area contributed by atoms with E-state index < -0.39 is 11.9 Å². The third kappa shape index (κ3) is 2.89. The van der Waals surface area contributed by atoms with Crippen molar-refractivity contribution in [1.29, 1.82) is 0 Å². The van der Waals surface area contributed by atoms with Gasteiger partial charge in [0, 0.05) is 6.54 Å². The van der Waals surface area contributed by atoms with Crippen LogP contribution in [0.15, 0.2) is 12.2 Å². The first-order valence-corrected chi connectivity index (χ1v) is 5.35. The summed E-state index contributed by atoms with van der Waals surface area (Å²) in [6.45, 7) is 1.34. The number of cyclic esters (lactones) is 2. The maximum Gasteiger partial charge on any atom is 0.327 e. The molecular weight excluding hydrogens is 194 g/mol. The van der Waals surface area contributed by atoms with Gasteiger partial charge in [0.1, 0.15) is 0 Å². The standard InChI is InChI=1S/C11H15NO3/c13-10-7-12(8-11(14)15-10)6-9-4-2-1-3-5-9/h1-2,9H,3-8H2. The molecule has 1 unspecified atom stereocenters. The van der Waals surface area contributed by atoms with Crippen molar-refractivity contribution in [3.63, 3.8) is 0 Å². The van der Waals surface area contributed by atoms with Gasteiger partial charge in [-0.2, -0.15) is 0 Å². The number of ether oxygens (including phenoxy) is 1. The summed E-state index contributed by atoms with van der Waals surface area (Å²) in [4.78, 5) is 23.9. The van der Waals surface area contributed by atoms with Gasteiger partial charge in [-0.15, -0.1) is 0 Å². The summed E-state index contributed by atoms with van der Waals surface area (Å²) in [5, 5.41) is 0. The van der Waals surface area contributed by atoms with Crippen LogP contribution in [0.2, 0.25) is 0 Å². The highest BCUT2D eigenvalue weighted by atomic mass is 16.6. The summed E-state index contributed by atoms with van der Waals surface area (Å²) in [7, 11) is 0. The second kappa shape index (κ2) is 4.57. The first-order valence-electron chi connectivity index (χ1n) is 5.35. The van der Waals surface area contributed by atoms with Crippen molar-refractivity contribution in [1.82, 2.24) is 4.90 Å². The van der Waals surface area contributed by atoms with Crippen molar-refractivity contribution in [3.05, 3.63) is 12.2 Å². The molecule has 0 saturated carbocycles.